The van der Waals surface area contributed by atoms with Gasteiger partial charge in [0.1, 0.15) is 6.04 Å². The van der Waals surface area contributed by atoms with Crippen molar-refractivity contribution < 1.29 is 18.6 Å². The number of rotatable bonds is 9. The van der Waals surface area contributed by atoms with Crippen molar-refractivity contribution in [1.29, 1.82) is 0 Å². The van der Waals surface area contributed by atoms with E-state index in [9.17, 15) is 18.6 Å². The van der Waals surface area contributed by atoms with Crippen molar-refractivity contribution >= 4 is 28.5 Å². The number of nitrogens with one attached hydrogen (secondary N) is 2. The van der Waals surface area contributed by atoms with Crippen LogP contribution in [-0.4, -0.2) is 40.3 Å². The Balaban J connectivity index is 1.82. The van der Waals surface area contributed by atoms with Gasteiger partial charge in [0.15, 0.2) is 0 Å². The first-order valence-electron chi connectivity index (χ1n) is 8.32. The molecule has 2 rings (SSSR count). The number of primary amides is 1. The van der Waals surface area contributed by atoms with E-state index < -0.39 is 34.6 Å². The van der Waals surface area contributed by atoms with Gasteiger partial charge in [-0.1, -0.05) is 36.4 Å². The zero-order valence-corrected chi connectivity index (χ0v) is 15.4. The number of benzene rings is 2. The summed E-state index contributed by atoms with van der Waals surface area (Å²) in [5.74, 6) is -1.49. The fraction of sp³-hybridized carbons (Fsp3) is 0.211. The Labute approximate surface area is 159 Å². The number of carbonyl (C=O) groups excluding carboxylic acids is 3. The number of hydrogen-bond acceptors (Lipinski definition) is 4. The summed E-state index contributed by atoms with van der Waals surface area (Å²) in [6.45, 7) is -0.292. The summed E-state index contributed by atoms with van der Waals surface area (Å²) >= 11 is 0. The molecule has 0 aliphatic rings. The molecule has 0 unspecified atom stereocenters. The Morgan fingerprint density at radius 2 is 1.56 bits per heavy atom. The summed E-state index contributed by atoms with van der Waals surface area (Å²) in [5, 5.41) is 4.94. The Kier molecular flexibility index (Phi) is 7.69. The van der Waals surface area contributed by atoms with Crippen LogP contribution in [0.15, 0.2) is 65.6 Å². The Morgan fingerprint density at radius 3 is 2.15 bits per heavy atom. The van der Waals surface area contributed by atoms with Gasteiger partial charge in [-0.2, -0.15) is 0 Å². The lowest BCUT2D eigenvalue weighted by molar-refractivity contribution is -0.126. The number of nitrogens with two attached hydrogens (primary N) is 1. The van der Waals surface area contributed by atoms with Crippen LogP contribution in [0.25, 0.3) is 0 Å². The minimum Gasteiger partial charge on any atom is -0.368 e. The normalized spacial score (nSPS) is 12.6. The van der Waals surface area contributed by atoms with Crippen molar-refractivity contribution in [3.8, 4) is 0 Å². The van der Waals surface area contributed by atoms with Crippen molar-refractivity contribution in [1.82, 2.24) is 10.6 Å². The van der Waals surface area contributed by atoms with Crippen LogP contribution < -0.4 is 16.4 Å². The Bertz CT molecular complexity index is 812. The van der Waals surface area contributed by atoms with E-state index >= 15 is 0 Å². The van der Waals surface area contributed by atoms with Gasteiger partial charge in [0.2, 0.25) is 11.8 Å². The second-order valence-electron chi connectivity index (χ2n) is 5.72. The van der Waals surface area contributed by atoms with Gasteiger partial charge in [-0.05, 0) is 30.7 Å². The highest BCUT2D eigenvalue weighted by molar-refractivity contribution is 7.85. The fourth-order valence-electron chi connectivity index (χ4n) is 2.30. The summed E-state index contributed by atoms with van der Waals surface area (Å²) in [6, 6.07) is 16.3. The largest absolute Gasteiger partial charge is 0.368 e. The second kappa shape index (κ2) is 10.2. The molecule has 2 aromatic carbocycles. The van der Waals surface area contributed by atoms with Gasteiger partial charge in [-0.3, -0.25) is 18.6 Å². The first kappa shape index (κ1) is 20.3. The van der Waals surface area contributed by atoms with E-state index in [2.05, 4.69) is 10.6 Å². The molecule has 142 valence electrons. The monoisotopic (exact) mass is 387 g/mol. The highest BCUT2D eigenvalue weighted by Gasteiger charge is 2.19. The molecule has 2 aromatic rings. The van der Waals surface area contributed by atoms with Crippen LogP contribution in [0.1, 0.15) is 16.8 Å². The summed E-state index contributed by atoms with van der Waals surface area (Å²) in [5.41, 5.74) is 5.74. The maximum atomic E-state index is 12.2. The maximum Gasteiger partial charge on any atom is 0.251 e. The minimum absolute atomic E-state index is 0.134. The standard InChI is InChI=1S/C19H21N3O4S/c20-18(24)16(11-12-27(26)15-9-5-2-6-10-15)22-17(23)13-21-19(25)14-7-3-1-4-8-14/h1-10,16H,11-13H2,(H2,20,24)(H,21,25)(H,22,23)/t16-,27-/m1/s1. The molecule has 0 aliphatic heterocycles. The molecule has 0 saturated heterocycles. The smallest absolute Gasteiger partial charge is 0.251 e. The predicted molar refractivity (Wildman–Crippen MR) is 102 cm³/mol. The van der Waals surface area contributed by atoms with Gasteiger partial charge < -0.3 is 16.4 Å². The van der Waals surface area contributed by atoms with Gasteiger partial charge in [0.05, 0.1) is 17.3 Å². The van der Waals surface area contributed by atoms with E-state index in [-0.39, 0.29) is 18.7 Å². The molecule has 3 amide bonds. The third kappa shape index (κ3) is 6.67. The molecule has 0 aromatic heterocycles. The van der Waals surface area contributed by atoms with Crippen molar-refractivity contribution in [3.63, 3.8) is 0 Å². The van der Waals surface area contributed by atoms with Gasteiger partial charge in [-0.15, -0.1) is 0 Å². The van der Waals surface area contributed by atoms with Crippen molar-refractivity contribution in [2.24, 2.45) is 5.73 Å². The lowest BCUT2D eigenvalue weighted by Gasteiger charge is -2.15. The van der Waals surface area contributed by atoms with Crippen molar-refractivity contribution in [2.45, 2.75) is 17.4 Å². The molecule has 0 radical (unpaired) electrons. The van der Waals surface area contributed by atoms with Crippen molar-refractivity contribution in [3.05, 3.63) is 66.2 Å². The van der Waals surface area contributed by atoms with Crippen LogP contribution in [0.3, 0.4) is 0 Å². The molecule has 0 aliphatic carbocycles. The highest BCUT2D eigenvalue weighted by Crippen LogP contribution is 2.07. The molecular formula is C19H21N3O4S. The molecule has 7 nitrogen and oxygen atoms in total. The van der Waals surface area contributed by atoms with E-state index in [1.165, 1.54) is 0 Å². The molecule has 8 heteroatoms. The van der Waals surface area contributed by atoms with Crippen LogP contribution in [-0.2, 0) is 20.4 Å². The summed E-state index contributed by atoms with van der Waals surface area (Å²) in [6.07, 6.45) is 0.134. The van der Waals surface area contributed by atoms with E-state index in [0.29, 0.717) is 10.5 Å². The summed E-state index contributed by atoms with van der Waals surface area (Å²) in [7, 11) is -1.30. The van der Waals surface area contributed by atoms with Crippen LogP contribution in [0.5, 0.6) is 0 Å². The van der Waals surface area contributed by atoms with Crippen LogP contribution in [0.2, 0.25) is 0 Å². The van der Waals surface area contributed by atoms with Crippen LogP contribution in [0, 0.1) is 0 Å². The van der Waals surface area contributed by atoms with Gasteiger partial charge >= 0.3 is 0 Å². The van der Waals surface area contributed by atoms with Gasteiger partial charge in [-0.25, -0.2) is 0 Å². The first-order chi connectivity index (χ1) is 13.0. The molecular weight excluding hydrogens is 366 g/mol. The fourth-order valence-corrected chi connectivity index (χ4v) is 3.44. The van der Waals surface area contributed by atoms with Crippen LogP contribution >= 0.6 is 0 Å². The SMILES string of the molecule is NC(=O)[C@@H](CC[S@@](=O)c1ccccc1)NC(=O)CNC(=O)c1ccccc1. The number of carbonyl (C=O) groups is 3. The van der Waals surface area contributed by atoms with Gasteiger partial charge in [0, 0.05) is 16.2 Å². The summed E-state index contributed by atoms with van der Waals surface area (Å²) < 4.78 is 12.2. The third-order valence-electron chi connectivity index (χ3n) is 3.72. The molecule has 0 saturated carbocycles. The molecule has 4 N–H and O–H groups in total. The quantitative estimate of drug-likeness (QED) is 0.583. The third-order valence-corrected chi connectivity index (χ3v) is 5.13. The molecule has 0 bridgehead atoms. The predicted octanol–water partition coefficient (Wildman–Crippen LogP) is 0.584. The Morgan fingerprint density at radius 1 is 0.963 bits per heavy atom. The van der Waals surface area contributed by atoms with E-state index in [4.69, 9.17) is 5.73 Å². The number of amides is 3. The molecule has 2 atom stereocenters. The molecule has 0 heterocycles. The first-order valence-corrected chi connectivity index (χ1v) is 9.64. The average Bonchev–Trinajstić information content (AvgIpc) is 2.70. The van der Waals surface area contributed by atoms with E-state index in [1.54, 1.807) is 54.6 Å². The highest BCUT2D eigenvalue weighted by atomic mass is 32.2. The average molecular weight is 387 g/mol. The van der Waals surface area contributed by atoms with Crippen LogP contribution in [0.4, 0.5) is 0 Å². The minimum atomic E-state index is -1.30. The van der Waals surface area contributed by atoms with E-state index in [0.717, 1.165) is 0 Å². The lowest BCUT2D eigenvalue weighted by Crippen LogP contribution is -2.48. The van der Waals surface area contributed by atoms with E-state index in [1.807, 2.05) is 6.07 Å². The molecule has 27 heavy (non-hydrogen) atoms. The summed E-state index contributed by atoms with van der Waals surface area (Å²) in [4.78, 5) is 36.1. The molecule has 0 spiro atoms. The Hall–Kier alpha value is -3.00. The number of hydrogen-bond donors (Lipinski definition) is 3. The maximum absolute atomic E-state index is 12.2. The van der Waals surface area contributed by atoms with Crippen molar-refractivity contribution in [2.75, 3.05) is 12.3 Å². The molecule has 0 fully saturated rings. The van der Waals surface area contributed by atoms with Gasteiger partial charge in [0.25, 0.3) is 5.91 Å². The zero-order valence-electron chi connectivity index (χ0n) is 14.6. The zero-order chi connectivity index (χ0) is 19.6. The lowest BCUT2D eigenvalue weighted by atomic mass is 10.2. The second-order valence-corrected chi connectivity index (χ2v) is 7.29. The topological polar surface area (TPSA) is 118 Å².